The fraction of sp³-hybridized carbons (Fsp3) is 0.385. The van der Waals surface area contributed by atoms with Crippen LogP contribution in [0.4, 0.5) is 38.9 Å². The van der Waals surface area contributed by atoms with Crippen molar-refractivity contribution < 1.29 is 12.8 Å². The highest BCUT2D eigenvalue weighted by atomic mass is 35.5. The summed E-state index contributed by atoms with van der Waals surface area (Å²) in [6.45, 7) is 6.69. The molecule has 1 saturated heterocycles. The van der Waals surface area contributed by atoms with Crippen molar-refractivity contribution in [2.24, 2.45) is 0 Å². The molecule has 0 spiro atoms. The average Bonchev–Trinajstić information content (AvgIpc) is 2.83. The number of hydrogen-bond acceptors (Lipinski definition) is 8. The number of piperidine rings is 1. The molecule has 38 heavy (non-hydrogen) atoms. The lowest BCUT2D eigenvalue weighted by atomic mass is 9.89. The largest absolute Gasteiger partial charge is 0.394 e. The number of nitrogen functional groups attached to an aromatic ring is 1. The number of anilines is 6. The maximum atomic E-state index is 14.9. The fourth-order valence-electron chi connectivity index (χ4n) is 4.05. The molecule has 3 aromatic rings. The van der Waals surface area contributed by atoms with Crippen LogP contribution in [-0.4, -0.2) is 48.2 Å². The second kappa shape index (κ2) is 10.9. The molecule has 2 heterocycles. The van der Waals surface area contributed by atoms with Crippen molar-refractivity contribution in [1.29, 1.82) is 0 Å². The first-order valence-corrected chi connectivity index (χ1v) is 14.1. The third kappa shape index (κ3) is 6.46. The Morgan fingerprint density at radius 1 is 1.08 bits per heavy atom. The summed E-state index contributed by atoms with van der Waals surface area (Å²) < 4.78 is 41.6. The standard InChI is InChI=1S/C26H33ClFN7O2S/c1-26(2,3)38(36,37)34-23-14-18(6-8-20(23)27)31-24-22(29)15-30-25(33-24)32-17-5-7-19(21(28)13-17)16-9-11-35(4)12-10-16/h5-8,13-16,34H,9-12,29H2,1-4H3,(H2,30,31,32,33). The van der Waals surface area contributed by atoms with Gasteiger partial charge < -0.3 is 21.3 Å². The molecule has 2 aromatic carbocycles. The van der Waals surface area contributed by atoms with E-state index in [2.05, 4.69) is 37.3 Å². The number of aromatic nitrogens is 2. The summed E-state index contributed by atoms with van der Waals surface area (Å²) in [5.41, 5.74) is 8.31. The highest BCUT2D eigenvalue weighted by molar-refractivity contribution is 7.94. The number of nitrogens with one attached hydrogen (secondary N) is 3. The number of rotatable bonds is 7. The third-order valence-electron chi connectivity index (χ3n) is 6.51. The topological polar surface area (TPSA) is 125 Å². The van der Waals surface area contributed by atoms with E-state index in [1.807, 2.05) is 12.1 Å². The summed E-state index contributed by atoms with van der Waals surface area (Å²) in [6.07, 6.45) is 3.29. The molecule has 0 radical (unpaired) electrons. The maximum absolute atomic E-state index is 14.9. The van der Waals surface area contributed by atoms with Gasteiger partial charge in [-0.1, -0.05) is 17.7 Å². The van der Waals surface area contributed by atoms with Crippen molar-refractivity contribution in [2.45, 2.75) is 44.3 Å². The lowest BCUT2D eigenvalue weighted by molar-refractivity contribution is 0.253. The first kappa shape index (κ1) is 27.9. The zero-order valence-electron chi connectivity index (χ0n) is 21.8. The van der Waals surface area contributed by atoms with E-state index >= 15 is 0 Å². The van der Waals surface area contributed by atoms with Crippen LogP contribution in [0.5, 0.6) is 0 Å². The van der Waals surface area contributed by atoms with Crippen LogP contribution >= 0.6 is 11.6 Å². The Labute approximate surface area is 228 Å². The molecule has 1 fully saturated rings. The summed E-state index contributed by atoms with van der Waals surface area (Å²) in [5.74, 6) is 0.458. The predicted molar refractivity (Wildman–Crippen MR) is 153 cm³/mol. The molecule has 0 bridgehead atoms. The number of nitrogens with zero attached hydrogens (tertiary/aromatic N) is 3. The molecule has 5 N–H and O–H groups in total. The minimum atomic E-state index is -3.68. The number of sulfonamides is 1. The Kier molecular flexibility index (Phi) is 8.01. The van der Waals surface area contributed by atoms with Crippen molar-refractivity contribution in [3.8, 4) is 0 Å². The van der Waals surface area contributed by atoms with Gasteiger partial charge in [0.05, 0.1) is 27.3 Å². The van der Waals surface area contributed by atoms with Crippen LogP contribution in [0.25, 0.3) is 0 Å². The minimum absolute atomic E-state index is 0.209. The second-order valence-electron chi connectivity index (χ2n) is 10.5. The summed E-state index contributed by atoms with van der Waals surface area (Å²) in [6, 6.07) is 9.87. The van der Waals surface area contributed by atoms with Crippen LogP contribution < -0.4 is 21.1 Å². The zero-order chi connectivity index (χ0) is 27.7. The van der Waals surface area contributed by atoms with Crippen molar-refractivity contribution in [2.75, 3.05) is 41.2 Å². The van der Waals surface area contributed by atoms with Crippen molar-refractivity contribution >= 4 is 56.1 Å². The average molecular weight is 562 g/mol. The van der Waals surface area contributed by atoms with E-state index in [4.69, 9.17) is 17.3 Å². The van der Waals surface area contributed by atoms with Gasteiger partial charge in [-0.05, 0) is 95.6 Å². The minimum Gasteiger partial charge on any atom is -0.394 e. The maximum Gasteiger partial charge on any atom is 0.237 e. The lowest BCUT2D eigenvalue weighted by Gasteiger charge is -2.29. The molecule has 9 nitrogen and oxygen atoms in total. The van der Waals surface area contributed by atoms with Crippen LogP contribution in [0.2, 0.25) is 5.02 Å². The molecule has 204 valence electrons. The number of likely N-dealkylation sites (tertiary alicyclic amines) is 1. The second-order valence-corrected chi connectivity index (χ2v) is 13.3. The Morgan fingerprint density at radius 3 is 2.39 bits per heavy atom. The molecule has 0 saturated carbocycles. The van der Waals surface area contributed by atoms with Gasteiger partial charge in [0, 0.05) is 11.4 Å². The van der Waals surface area contributed by atoms with Crippen LogP contribution in [0.3, 0.4) is 0 Å². The molecular weight excluding hydrogens is 529 g/mol. The van der Waals surface area contributed by atoms with E-state index in [1.165, 1.54) is 12.3 Å². The number of hydrogen-bond donors (Lipinski definition) is 4. The summed E-state index contributed by atoms with van der Waals surface area (Å²) in [4.78, 5) is 10.9. The van der Waals surface area contributed by atoms with Gasteiger partial charge in [-0.2, -0.15) is 4.98 Å². The van der Waals surface area contributed by atoms with Gasteiger partial charge in [-0.25, -0.2) is 17.8 Å². The summed E-state index contributed by atoms with van der Waals surface area (Å²) in [5, 5.41) is 6.34. The molecule has 12 heteroatoms. The van der Waals surface area contributed by atoms with Crippen molar-refractivity contribution in [3.63, 3.8) is 0 Å². The van der Waals surface area contributed by atoms with Gasteiger partial charge in [0.25, 0.3) is 0 Å². The lowest BCUT2D eigenvalue weighted by Crippen LogP contribution is -2.33. The smallest absolute Gasteiger partial charge is 0.237 e. The molecule has 1 aliphatic heterocycles. The van der Waals surface area contributed by atoms with Crippen LogP contribution in [0.15, 0.2) is 42.6 Å². The molecule has 4 rings (SSSR count). The van der Waals surface area contributed by atoms with Gasteiger partial charge in [0.2, 0.25) is 16.0 Å². The third-order valence-corrected chi connectivity index (χ3v) is 8.94. The Hall–Kier alpha value is -3.15. The Balaban J connectivity index is 1.51. The number of benzene rings is 2. The van der Waals surface area contributed by atoms with E-state index in [0.29, 0.717) is 11.4 Å². The highest BCUT2D eigenvalue weighted by Gasteiger charge is 2.29. The van der Waals surface area contributed by atoms with Gasteiger partial charge in [0.15, 0.2) is 5.82 Å². The first-order chi connectivity index (χ1) is 17.8. The molecule has 0 unspecified atom stereocenters. The first-order valence-electron chi connectivity index (χ1n) is 12.3. The van der Waals surface area contributed by atoms with E-state index in [-0.39, 0.29) is 39.9 Å². The molecule has 1 aromatic heterocycles. The van der Waals surface area contributed by atoms with E-state index < -0.39 is 14.8 Å². The van der Waals surface area contributed by atoms with Crippen molar-refractivity contribution in [3.05, 3.63) is 59.0 Å². The summed E-state index contributed by atoms with van der Waals surface area (Å²) >= 11 is 6.23. The highest BCUT2D eigenvalue weighted by Crippen LogP contribution is 2.33. The monoisotopic (exact) mass is 561 g/mol. The van der Waals surface area contributed by atoms with Crippen molar-refractivity contribution in [1.82, 2.24) is 14.9 Å². The van der Waals surface area contributed by atoms with E-state index in [0.717, 1.165) is 31.5 Å². The number of nitrogens with two attached hydrogens (primary N) is 1. The quantitative estimate of drug-likeness (QED) is 0.290. The molecule has 0 amide bonds. The zero-order valence-corrected chi connectivity index (χ0v) is 23.4. The molecule has 0 atom stereocenters. The van der Waals surface area contributed by atoms with Gasteiger partial charge >= 0.3 is 0 Å². The van der Waals surface area contributed by atoms with Crippen LogP contribution in [-0.2, 0) is 10.0 Å². The fourth-order valence-corrected chi connectivity index (χ4v) is 5.04. The van der Waals surface area contributed by atoms with Gasteiger partial charge in [0.1, 0.15) is 5.82 Å². The van der Waals surface area contributed by atoms with E-state index in [9.17, 15) is 12.8 Å². The van der Waals surface area contributed by atoms with Crippen LogP contribution in [0, 0.1) is 5.82 Å². The van der Waals surface area contributed by atoms with Gasteiger partial charge in [-0.15, -0.1) is 0 Å². The van der Waals surface area contributed by atoms with Gasteiger partial charge in [-0.3, -0.25) is 4.72 Å². The van der Waals surface area contributed by atoms with Crippen LogP contribution in [0.1, 0.15) is 45.1 Å². The normalized spacial score (nSPS) is 15.3. The Bertz CT molecular complexity index is 1420. The molecule has 0 aliphatic carbocycles. The molecule has 1 aliphatic rings. The molecular formula is C26H33ClFN7O2S. The summed E-state index contributed by atoms with van der Waals surface area (Å²) in [7, 11) is -1.61. The SMILES string of the molecule is CN1CCC(c2ccc(Nc3ncc(N)c(Nc4ccc(Cl)c(NS(=O)(=O)C(C)(C)C)c4)n3)cc2F)CC1. The predicted octanol–water partition coefficient (Wildman–Crippen LogP) is 5.69. The Morgan fingerprint density at radius 2 is 1.74 bits per heavy atom. The number of halogens is 2. The van der Waals surface area contributed by atoms with E-state index in [1.54, 1.807) is 39.0 Å².